The van der Waals surface area contributed by atoms with Gasteiger partial charge in [0.15, 0.2) is 0 Å². The summed E-state index contributed by atoms with van der Waals surface area (Å²) in [6.45, 7) is 3.34. The van der Waals surface area contributed by atoms with Crippen molar-refractivity contribution in [1.82, 2.24) is 5.32 Å². The molecule has 1 atom stereocenters. The van der Waals surface area contributed by atoms with Gasteiger partial charge in [0.1, 0.15) is 0 Å². The quantitative estimate of drug-likeness (QED) is 0.385. The van der Waals surface area contributed by atoms with Gasteiger partial charge in [0.2, 0.25) is 0 Å². The molecule has 0 saturated heterocycles. The van der Waals surface area contributed by atoms with Crippen molar-refractivity contribution >= 4 is 11.6 Å². The first-order chi connectivity index (χ1) is 9.88. The summed E-state index contributed by atoms with van der Waals surface area (Å²) in [5.74, 6) is 0.640. The molecular formula is C18H30ClN. The van der Waals surface area contributed by atoms with Gasteiger partial charge in [-0.3, -0.25) is 0 Å². The monoisotopic (exact) mass is 295 g/mol. The average Bonchev–Trinajstić information content (AvgIpc) is 2.50. The zero-order valence-corrected chi connectivity index (χ0v) is 13.7. The van der Waals surface area contributed by atoms with Gasteiger partial charge in [0, 0.05) is 11.9 Å². The standard InChI is InChI=1S/C18H30ClN/c1-2-3-4-5-6-7-8-12-15-20-18(16-19)17-13-10-9-11-14-17/h9-11,13-14,18,20H,2-8,12,15-16H2,1H3. The number of nitrogens with one attached hydrogen (secondary N) is 1. The van der Waals surface area contributed by atoms with Crippen molar-refractivity contribution < 1.29 is 0 Å². The van der Waals surface area contributed by atoms with Crippen LogP contribution in [0.4, 0.5) is 0 Å². The average molecular weight is 296 g/mol. The zero-order chi connectivity index (χ0) is 14.5. The molecule has 0 spiro atoms. The molecule has 0 aromatic heterocycles. The summed E-state index contributed by atoms with van der Waals surface area (Å²) in [7, 11) is 0. The lowest BCUT2D eigenvalue weighted by Crippen LogP contribution is -2.23. The third-order valence-electron chi connectivity index (χ3n) is 3.78. The molecule has 0 radical (unpaired) electrons. The van der Waals surface area contributed by atoms with Crippen LogP contribution in [-0.4, -0.2) is 12.4 Å². The Hall–Kier alpha value is -0.530. The van der Waals surface area contributed by atoms with Gasteiger partial charge in [-0.15, -0.1) is 11.6 Å². The van der Waals surface area contributed by atoms with Gasteiger partial charge in [0.25, 0.3) is 0 Å². The van der Waals surface area contributed by atoms with E-state index in [1.165, 1.54) is 56.9 Å². The molecule has 0 amide bonds. The minimum atomic E-state index is 0.294. The summed E-state index contributed by atoms with van der Waals surface area (Å²) >= 11 is 6.05. The van der Waals surface area contributed by atoms with Gasteiger partial charge in [-0.1, -0.05) is 82.2 Å². The van der Waals surface area contributed by atoms with Gasteiger partial charge in [-0.2, -0.15) is 0 Å². The van der Waals surface area contributed by atoms with E-state index >= 15 is 0 Å². The second-order valence-electron chi connectivity index (χ2n) is 5.55. The van der Waals surface area contributed by atoms with E-state index in [4.69, 9.17) is 11.6 Å². The number of halogens is 1. The number of hydrogen-bond acceptors (Lipinski definition) is 1. The van der Waals surface area contributed by atoms with E-state index in [-0.39, 0.29) is 0 Å². The van der Waals surface area contributed by atoms with Gasteiger partial charge in [-0.25, -0.2) is 0 Å². The highest BCUT2D eigenvalue weighted by Gasteiger charge is 2.07. The molecule has 0 saturated carbocycles. The Balaban J connectivity index is 2.02. The first kappa shape index (κ1) is 17.5. The molecule has 0 heterocycles. The first-order valence-electron chi connectivity index (χ1n) is 8.22. The Morgan fingerprint density at radius 3 is 2.10 bits per heavy atom. The van der Waals surface area contributed by atoms with E-state index in [9.17, 15) is 0 Å². The molecule has 0 aliphatic carbocycles. The van der Waals surface area contributed by atoms with Crippen LogP contribution in [0.5, 0.6) is 0 Å². The lowest BCUT2D eigenvalue weighted by atomic mass is 10.1. The van der Waals surface area contributed by atoms with Crippen LogP contribution in [0.15, 0.2) is 30.3 Å². The van der Waals surface area contributed by atoms with E-state index in [1.807, 2.05) is 6.07 Å². The Bertz CT molecular complexity index is 312. The molecule has 1 nitrogen and oxygen atoms in total. The molecule has 20 heavy (non-hydrogen) atoms. The third kappa shape index (κ3) is 7.91. The summed E-state index contributed by atoms with van der Waals surface area (Å²) in [6.07, 6.45) is 10.9. The Morgan fingerprint density at radius 2 is 1.50 bits per heavy atom. The maximum Gasteiger partial charge on any atom is 0.0457 e. The van der Waals surface area contributed by atoms with E-state index in [0.29, 0.717) is 11.9 Å². The minimum absolute atomic E-state index is 0.294. The first-order valence-corrected chi connectivity index (χ1v) is 8.76. The fraction of sp³-hybridized carbons (Fsp3) is 0.667. The lowest BCUT2D eigenvalue weighted by molar-refractivity contribution is 0.524. The molecule has 1 N–H and O–H groups in total. The Morgan fingerprint density at radius 1 is 0.900 bits per heavy atom. The number of hydrogen-bond donors (Lipinski definition) is 1. The molecule has 1 aromatic rings. The van der Waals surface area contributed by atoms with Crippen molar-refractivity contribution in [3.05, 3.63) is 35.9 Å². The highest BCUT2D eigenvalue weighted by atomic mass is 35.5. The summed E-state index contributed by atoms with van der Waals surface area (Å²) in [4.78, 5) is 0. The molecular weight excluding hydrogens is 266 g/mol. The molecule has 2 heteroatoms. The Kier molecular flexibility index (Phi) is 10.7. The van der Waals surface area contributed by atoms with Crippen LogP contribution >= 0.6 is 11.6 Å². The van der Waals surface area contributed by atoms with Crippen LogP contribution in [0, 0.1) is 0 Å². The van der Waals surface area contributed by atoms with Crippen molar-refractivity contribution in [3.63, 3.8) is 0 Å². The van der Waals surface area contributed by atoms with Gasteiger partial charge in [0.05, 0.1) is 0 Å². The summed E-state index contributed by atoms with van der Waals surface area (Å²) in [6, 6.07) is 10.8. The second-order valence-corrected chi connectivity index (χ2v) is 5.86. The van der Waals surface area contributed by atoms with Crippen LogP contribution in [0.25, 0.3) is 0 Å². The van der Waals surface area contributed by atoms with Crippen molar-refractivity contribution in [2.45, 2.75) is 64.3 Å². The van der Waals surface area contributed by atoms with Gasteiger partial charge < -0.3 is 5.32 Å². The van der Waals surface area contributed by atoms with Crippen LogP contribution in [-0.2, 0) is 0 Å². The Labute approximate surface area is 130 Å². The second kappa shape index (κ2) is 12.2. The summed E-state index contributed by atoms with van der Waals surface area (Å²) < 4.78 is 0. The fourth-order valence-corrected chi connectivity index (χ4v) is 2.77. The van der Waals surface area contributed by atoms with Crippen molar-refractivity contribution in [3.8, 4) is 0 Å². The molecule has 0 aliphatic rings. The summed E-state index contributed by atoms with van der Waals surface area (Å²) in [5.41, 5.74) is 1.29. The number of unbranched alkanes of at least 4 members (excludes halogenated alkanes) is 7. The molecule has 0 aliphatic heterocycles. The lowest BCUT2D eigenvalue weighted by Gasteiger charge is -2.16. The van der Waals surface area contributed by atoms with Crippen molar-refractivity contribution in [1.29, 1.82) is 0 Å². The number of alkyl halides is 1. The van der Waals surface area contributed by atoms with Crippen LogP contribution < -0.4 is 5.32 Å². The maximum absolute atomic E-state index is 6.05. The number of benzene rings is 1. The molecule has 114 valence electrons. The topological polar surface area (TPSA) is 12.0 Å². The molecule has 0 fully saturated rings. The third-order valence-corrected chi connectivity index (χ3v) is 4.09. The highest BCUT2D eigenvalue weighted by Crippen LogP contribution is 2.14. The SMILES string of the molecule is CCCCCCCCCCNC(CCl)c1ccccc1. The van der Waals surface area contributed by atoms with E-state index in [2.05, 4.69) is 36.5 Å². The van der Waals surface area contributed by atoms with E-state index < -0.39 is 0 Å². The van der Waals surface area contributed by atoms with Crippen LogP contribution in [0.3, 0.4) is 0 Å². The highest BCUT2D eigenvalue weighted by molar-refractivity contribution is 6.18. The van der Waals surface area contributed by atoms with Crippen LogP contribution in [0.1, 0.15) is 69.9 Å². The van der Waals surface area contributed by atoms with Gasteiger partial charge >= 0.3 is 0 Å². The fourth-order valence-electron chi connectivity index (χ4n) is 2.48. The smallest absolute Gasteiger partial charge is 0.0457 e. The van der Waals surface area contributed by atoms with Crippen molar-refractivity contribution in [2.24, 2.45) is 0 Å². The molecule has 1 aromatic carbocycles. The predicted octanol–water partition coefficient (Wildman–Crippen LogP) is 5.70. The molecule has 1 unspecified atom stereocenters. The van der Waals surface area contributed by atoms with E-state index in [0.717, 1.165) is 6.54 Å². The van der Waals surface area contributed by atoms with E-state index in [1.54, 1.807) is 0 Å². The maximum atomic E-state index is 6.05. The van der Waals surface area contributed by atoms with Crippen molar-refractivity contribution in [2.75, 3.05) is 12.4 Å². The van der Waals surface area contributed by atoms with Crippen LogP contribution in [0.2, 0.25) is 0 Å². The minimum Gasteiger partial charge on any atom is -0.309 e. The van der Waals surface area contributed by atoms with Gasteiger partial charge in [-0.05, 0) is 18.5 Å². The normalized spacial score (nSPS) is 12.5. The summed E-state index contributed by atoms with van der Waals surface area (Å²) in [5, 5.41) is 3.56. The largest absolute Gasteiger partial charge is 0.309 e. The number of rotatable bonds is 12. The predicted molar refractivity (Wildman–Crippen MR) is 90.5 cm³/mol. The molecule has 0 bridgehead atoms. The zero-order valence-electron chi connectivity index (χ0n) is 12.9. The molecule has 1 rings (SSSR count).